The molecule has 0 N–H and O–H groups in total. The summed E-state index contributed by atoms with van der Waals surface area (Å²) in [6, 6.07) is 9.47. The second-order valence-corrected chi connectivity index (χ2v) is 5.85. The summed E-state index contributed by atoms with van der Waals surface area (Å²) < 4.78 is 66.4. The zero-order valence-electron chi connectivity index (χ0n) is 13.5. The van der Waals surface area contributed by atoms with E-state index in [0.717, 1.165) is 12.1 Å². The number of halogens is 5. The number of ether oxygens (including phenoxy) is 2. The molecular formula is C19H13ClF4O2. The molecule has 0 heterocycles. The number of hydrogen-bond donors (Lipinski definition) is 0. The standard InChI is InChI=1S/C19H13ClF4O2/c1-2-25-12-5-7-15(17(21)10-12)19(23,24)26-13-4-6-14-11(9-13)3-8-16(20)18(14)22/h3-10H,2H2,1H3. The van der Waals surface area contributed by atoms with E-state index in [4.69, 9.17) is 16.3 Å². The number of rotatable bonds is 5. The maximum Gasteiger partial charge on any atom is 0.429 e. The molecule has 0 aliphatic carbocycles. The smallest absolute Gasteiger partial charge is 0.429 e. The van der Waals surface area contributed by atoms with Gasteiger partial charge in [0.2, 0.25) is 0 Å². The third kappa shape index (κ3) is 3.55. The van der Waals surface area contributed by atoms with E-state index in [9.17, 15) is 17.6 Å². The Kier molecular flexibility index (Phi) is 4.96. The Morgan fingerprint density at radius 2 is 1.69 bits per heavy atom. The van der Waals surface area contributed by atoms with Crippen LogP contribution in [0.2, 0.25) is 5.02 Å². The molecule has 2 nitrogen and oxygen atoms in total. The average Bonchev–Trinajstić information content (AvgIpc) is 2.58. The van der Waals surface area contributed by atoms with Crippen LogP contribution in [0.4, 0.5) is 17.6 Å². The molecule has 26 heavy (non-hydrogen) atoms. The Bertz CT molecular complexity index is 960. The van der Waals surface area contributed by atoms with Crippen molar-refractivity contribution in [3.63, 3.8) is 0 Å². The van der Waals surface area contributed by atoms with Gasteiger partial charge in [-0.1, -0.05) is 17.7 Å². The molecule has 0 aliphatic rings. The summed E-state index contributed by atoms with van der Waals surface area (Å²) in [6.07, 6.45) is -3.92. The molecule has 0 fully saturated rings. The van der Waals surface area contributed by atoms with Crippen molar-refractivity contribution in [2.75, 3.05) is 6.61 Å². The van der Waals surface area contributed by atoms with Gasteiger partial charge >= 0.3 is 6.11 Å². The van der Waals surface area contributed by atoms with Gasteiger partial charge in [0, 0.05) is 11.5 Å². The first-order valence-corrected chi connectivity index (χ1v) is 8.07. The monoisotopic (exact) mass is 384 g/mol. The van der Waals surface area contributed by atoms with Crippen LogP contribution >= 0.6 is 11.6 Å². The molecule has 0 aliphatic heterocycles. The molecule has 7 heteroatoms. The van der Waals surface area contributed by atoms with Gasteiger partial charge in [0.15, 0.2) is 0 Å². The van der Waals surface area contributed by atoms with E-state index in [1.807, 2.05) is 0 Å². The Morgan fingerprint density at radius 1 is 0.962 bits per heavy atom. The first-order valence-electron chi connectivity index (χ1n) is 7.69. The third-order valence-corrected chi connectivity index (χ3v) is 3.98. The maximum absolute atomic E-state index is 14.4. The highest BCUT2D eigenvalue weighted by molar-refractivity contribution is 6.31. The van der Waals surface area contributed by atoms with Crippen molar-refractivity contribution in [1.29, 1.82) is 0 Å². The van der Waals surface area contributed by atoms with Gasteiger partial charge in [0.05, 0.1) is 11.6 Å². The number of alkyl halides is 2. The third-order valence-electron chi connectivity index (χ3n) is 3.69. The first kappa shape index (κ1) is 18.3. The van der Waals surface area contributed by atoms with Gasteiger partial charge in [-0.15, -0.1) is 0 Å². The van der Waals surface area contributed by atoms with Gasteiger partial charge in [0.25, 0.3) is 0 Å². The lowest BCUT2D eigenvalue weighted by atomic mass is 10.1. The fraction of sp³-hybridized carbons (Fsp3) is 0.158. The number of benzene rings is 3. The van der Waals surface area contributed by atoms with Gasteiger partial charge in [-0.2, -0.15) is 8.78 Å². The van der Waals surface area contributed by atoms with Crippen LogP contribution in [-0.4, -0.2) is 6.61 Å². The largest absolute Gasteiger partial charge is 0.494 e. The summed E-state index contributed by atoms with van der Waals surface area (Å²) in [6.45, 7) is 1.97. The summed E-state index contributed by atoms with van der Waals surface area (Å²) in [5, 5.41) is 0.417. The second-order valence-electron chi connectivity index (χ2n) is 5.44. The van der Waals surface area contributed by atoms with Gasteiger partial charge in [-0.25, -0.2) is 8.78 Å². The maximum atomic E-state index is 14.4. The van der Waals surface area contributed by atoms with E-state index >= 15 is 0 Å². The molecule has 0 amide bonds. The summed E-state index contributed by atoms with van der Waals surface area (Å²) in [5.74, 6) is -1.90. The van der Waals surface area contributed by atoms with E-state index in [1.54, 1.807) is 6.92 Å². The highest BCUT2D eigenvalue weighted by Crippen LogP contribution is 2.36. The fourth-order valence-electron chi connectivity index (χ4n) is 2.50. The number of hydrogen-bond acceptors (Lipinski definition) is 2. The highest BCUT2D eigenvalue weighted by atomic mass is 35.5. The highest BCUT2D eigenvalue weighted by Gasteiger charge is 2.38. The Hall–Kier alpha value is -2.47. The molecule has 3 rings (SSSR count). The van der Waals surface area contributed by atoms with E-state index in [2.05, 4.69) is 4.74 Å². The zero-order chi connectivity index (χ0) is 18.9. The minimum Gasteiger partial charge on any atom is -0.494 e. The Balaban J connectivity index is 1.92. The van der Waals surface area contributed by atoms with Gasteiger partial charge in [-0.3, -0.25) is 0 Å². The van der Waals surface area contributed by atoms with Crippen molar-refractivity contribution >= 4 is 22.4 Å². The van der Waals surface area contributed by atoms with Crippen LogP contribution in [0.25, 0.3) is 10.8 Å². The molecule has 3 aromatic rings. The lowest BCUT2D eigenvalue weighted by Gasteiger charge is -2.19. The minimum absolute atomic E-state index is 0.0760. The minimum atomic E-state index is -3.92. The van der Waals surface area contributed by atoms with Crippen LogP contribution in [0, 0.1) is 11.6 Å². The second kappa shape index (κ2) is 7.03. The SMILES string of the molecule is CCOc1ccc(C(F)(F)Oc2ccc3c(F)c(Cl)ccc3c2)c(F)c1. The van der Waals surface area contributed by atoms with Gasteiger partial charge in [-0.05, 0) is 48.7 Å². The fourth-order valence-corrected chi connectivity index (χ4v) is 2.66. The van der Waals surface area contributed by atoms with Crippen LogP contribution in [0.5, 0.6) is 11.5 Å². The summed E-state index contributed by atoms with van der Waals surface area (Å²) in [5.41, 5.74) is -0.927. The van der Waals surface area contributed by atoms with Gasteiger partial charge < -0.3 is 9.47 Å². The van der Waals surface area contributed by atoms with Crippen LogP contribution in [-0.2, 0) is 6.11 Å². The topological polar surface area (TPSA) is 18.5 Å². The van der Waals surface area contributed by atoms with Crippen molar-refractivity contribution in [2.24, 2.45) is 0 Å². The normalized spacial score (nSPS) is 11.6. The predicted molar refractivity (Wildman–Crippen MR) is 91.0 cm³/mol. The zero-order valence-corrected chi connectivity index (χ0v) is 14.3. The summed E-state index contributed by atoms with van der Waals surface area (Å²) in [4.78, 5) is 0. The van der Waals surface area contributed by atoms with Crippen LogP contribution in [0.15, 0.2) is 48.5 Å². The van der Waals surface area contributed by atoms with Gasteiger partial charge in [0.1, 0.15) is 28.7 Å². The number of fused-ring (bicyclic) bond motifs is 1. The molecule has 136 valence electrons. The van der Waals surface area contributed by atoms with Crippen molar-refractivity contribution in [3.05, 3.63) is 70.8 Å². The first-order chi connectivity index (χ1) is 12.3. The van der Waals surface area contributed by atoms with Crippen LogP contribution in [0.3, 0.4) is 0 Å². The predicted octanol–water partition coefficient (Wildman–Crippen LogP) is 6.30. The Labute approximate surface area is 151 Å². The lowest BCUT2D eigenvalue weighted by molar-refractivity contribution is -0.187. The molecular weight excluding hydrogens is 372 g/mol. The quantitative estimate of drug-likeness (QED) is 0.481. The summed E-state index contributed by atoms with van der Waals surface area (Å²) in [7, 11) is 0. The lowest BCUT2D eigenvalue weighted by Crippen LogP contribution is -2.23. The molecule has 0 saturated heterocycles. The molecule has 0 radical (unpaired) electrons. The van der Waals surface area contributed by atoms with E-state index in [-0.39, 0.29) is 28.5 Å². The van der Waals surface area contributed by atoms with E-state index in [1.165, 1.54) is 36.4 Å². The molecule has 0 aromatic heterocycles. The van der Waals surface area contributed by atoms with Crippen molar-refractivity contribution in [1.82, 2.24) is 0 Å². The van der Waals surface area contributed by atoms with Crippen molar-refractivity contribution < 1.29 is 27.0 Å². The van der Waals surface area contributed by atoms with Crippen LogP contribution in [0.1, 0.15) is 12.5 Å². The van der Waals surface area contributed by atoms with Crippen molar-refractivity contribution in [2.45, 2.75) is 13.0 Å². The van der Waals surface area contributed by atoms with E-state index < -0.39 is 23.3 Å². The summed E-state index contributed by atoms with van der Waals surface area (Å²) >= 11 is 5.69. The molecule has 3 aromatic carbocycles. The molecule has 0 atom stereocenters. The molecule has 0 bridgehead atoms. The molecule has 0 unspecified atom stereocenters. The van der Waals surface area contributed by atoms with Crippen LogP contribution < -0.4 is 9.47 Å². The average molecular weight is 385 g/mol. The van der Waals surface area contributed by atoms with E-state index in [0.29, 0.717) is 5.39 Å². The van der Waals surface area contributed by atoms with Crippen molar-refractivity contribution in [3.8, 4) is 11.5 Å². The molecule has 0 spiro atoms. The molecule has 0 saturated carbocycles. The Morgan fingerprint density at radius 3 is 2.38 bits per heavy atom.